The van der Waals surface area contributed by atoms with E-state index in [9.17, 15) is 4.79 Å². The lowest BCUT2D eigenvalue weighted by molar-refractivity contribution is -0.133. The van der Waals surface area contributed by atoms with Gasteiger partial charge in [-0.05, 0) is 52.5 Å². The molecule has 0 radical (unpaired) electrons. The molecule has 2 saturated heterocycles. The minimum atomic E-state index is 0.324. The number of amides is 1. The molecule has 146 valence electrons. The van der Waals surface area contributed by atoms with Gasteiger partial charge in [0, 0.05) is 45.3 Å². The zero-order chi connectivity index (χ0) is 18.1. The number of piperidine rings is 1. The second kappa shape index (κ2) is 11.1. The highest BCUT2D eigenvalue weighted by Crippen LogP contribution is 2.11. The third-order valence-corrected chi connectivity index (χ3v) is 5.78. The number of nitrogens with zero attached hydrogens (tertiary/aromatic N) is 4. The van der Waals surface area contributed by atoms with Gasteiger partial charge in [0.1, 0.15) is 0 Å². The second-order valence-corrected chi connectivity index (χ2v) is 7.57. The summed E-state index contributed by atoms with van der Waals surface area (Å²) in [4.78, 5) is 21.7. The predicted molar refractivity (Wildman–Crippen MR) is 104 cm³/mol. The summed E-state index contributed by atoms with van der Waals surface area (Å²) in [6.45, 7) is 15.7. The quantitative estimate of drug-likeness (QED) is 0.613. The lowest BCUT2D eigenvalue weighted by Crippen LogP contribution is -2.51. The summed E-state index contributed by atoms with van der Waals surface area (Å²) >= 11 is 0. The Morgan fingerprint density at radius 2 is 1.68 bits per heavy atom. The Hall–Kier alpha value is -0.690. The third kappa shape index (κ3) is 7.21. The van der Waals surface area contributed by atoms with Gasteiger partial charge in [0.05, 0.1) is 6.54 Å². The third-order valence-electron chi connectivity index (χ3n) is 5.78. The number of hydrogen-bond acceptors (Lipinski definition) is 5. The number of carbonyl (C=O) groups excluding carboxylic acids is 1. The Balaban J connectivity index is 1.57. The molecule has 2 aliphatic rings. The van der Waals surface area contributed by atoms with Crippen LogP contribution in [-0.2, 0) is 4.79 Å². The van der Waals surface area contributed by atoms with E-state index in [1.807, 2.05) is 0 Å². The summed E-state index contributed by atoms with van der Waals surface area (Å²) in [5, 5.41) is 3.69. The molecule has 6 nitrogen and oxygen atoms in total. The van der Waals surface area contributed by atoms with E-state index in [1.165, 1.54) is 13.0 Å². The fourth-order valence-electron chi connectivity index (χ4n) is 3.78. The average Bonchev–Trinajstić information content (AvgIpc) is 2.64. The largest absolute Gasteiger partial charge is 0.341 e. The van der Waals surface area contributed by atoms with Crippen molar-refractivity contribution in [3.8, 4) is 0 Å². The lowest BCUT2D eigenvalue weighted by atomic mass is 10.0. The first-order valence-electron chi connectivity index (χ1n) is 10.3. The van der Waals surface area contributed by atoms with E-state index in [0.29, 0.717) is 18.5 Å². The van der Waals surface area contributed by atoms with Crippen molar-refractivity contribution >= 4 is 5.91 Å². The molecule has 0 spiro atoms. The van der Waals surface area contributed by atoms with Crippen molar-refractivity contribution in [1.29, 1.82) is 0 Å². The van der Waals surface area contributed by atoms with Crippen LogP contribution in [0.2, 0.25) is 0 Å². The van der Waals surface area contributed by atoms with Crippen LogP contribution in [0.1, 0.15) is 33.1 Å². The summed E-state index contributed by atoms with van der Waals surface area (Å²) in [7, 11) is 2.15. The monoisotopic (exact) mass is 353 g/mol. The molecule has 2 heterocycles. The average molecular weight is 354 g/mol. The topological polar surface area (TPSA) is 42.1 Å². The first kappa shape index (κ1) is 20.6. The molecule has 0 aromatic heterocycles. The SMILES string of the molecule is CCN(CC)CCCNC1CCN(C(=O)CN2CCN(C)CC2)CC1. The normalized spacial score (nSPS) is 21.2. The number of carbonyl (C=O) groups is 1. The molecule has 0 aromatic rings. The van der Waals surface area contributed by atoms with Crippen LogP contribution in [0.5, 0.6) is 0 Å². The van der Waals surface area contributed by atoms with E-state index in [2.05, 4.69) is 45.8 Å². The second-order valence-electron chi connectivity index (χ2n) is 7.57. The van der Waals surface area contributed by atoms with Gasteiger partial charge in [-0.25, -0.2) is 0 Å². The molecule has 0 aromatic carbocycles. The summed E-state index contributed by atoms with van der Waals surface area (Å²) in [5.41, 5.74) is 0. The predicted octanol–water partition coefficient (Wildman–Crippen LogP) is 0.546. The maximum absolute atomic E-state index is 12.5. The van der Waals surface area contributed by atoms with Gasteiger partial charge < -0.3 is 20.0 Å². The molecule has 1 amide bonds. The molecule has 25 heavy (non-hydrogen) atoms. The van der Waals surface area contributed by atoms with Crippen molar-refractivity contribution in [3.05, 3.63) is 0 Å². The van der Waals surface area contributed by atoms with Crippen molar-refractivity contribution in [3.63, 3.8) is 0 Å². The van der Waals surface area contributed by atoms with Crippen molar-refractivity contribution in [2.24, 2.45) is 0 Å². The number of piperazine rings is 1. The molecule has 6 heteroatoms. The van der Waals surface area contributed by atoms with Crippen LogP contribution >= 0.6 is 0 Å². The van der Waals surface area contributed by atoms with Crippen LogP contribution < -0.4 is 5.32 Å². The summed E-state index contributed by atoms with van der Waals surface area (Å²) in [6.07, 6.45) is 3.41. The van der Waals surface area contributed by atoms with Crippen LogP contribution in [0.3, 0.4) is 0 Å². The van der Waals surface area contributed by atoms with Crippen LogP contribution in [0.4, 0.5) is 0 Å². The number of likely N-dealkylation sites (tertiary alicyclic amines) is 1. The fourth-order valence-corrected chi connectivity index (χ4v) is 3.78. The molecule has 1 N–H and O–H groups in total. The molecule has 2 aliphatic heterocycles. The van der Waals surface area contributed by atoms with Crippen molar-refractivity contribution in [2.75, 3.05) is 79.0 Å². The van der Waals surface area contributed by atoms with Gasteiger partial charge >= 0.3 is 0 Å². The minimum Gasteiger partial charge on any atom is -0.341 e. The van der Waals surface area contributed by atoms with Gasteiger partial charge in [-0.1, -0.05) is 13.8 Å². The Bertz CT molecular complexity index is 372. The molecular formula is C19H39N5O. The molecule has 0 aliphatic carbocycles. The minimum absolute atomic E-state index is 0.324. The summed E-state index contributed by atoms with van der Waals surface area (Å²) in [5.74, 6) is 0.324. The van der Waals surface area contributed by atoms with E-state index >= 15 is 0 Å². The summed E-state index contributed by atoms with van der Waals surface area (Å²) < 4.78 is 0. The number of hydrogen-bond donors (Lipinski definition) is 1. The number of likely N-dealkylation sites (N-methyl/N-ethyl adjacent to an activating group) is 1. The van der Waals surface area contributed by atoms with E-state index < -0.39 is 0 Å². The van der Waals surface area contributed by atoms with Gasteiger partial charge in [-0.3, -0.25) is 9.69 Å². The fraction of sp³-hybridized carbons (Fsp3) is 0.947. The molecule has 2 fully saturated rings. The first-order chi connectivity index (χ1) is 12.1. The number of rotatable bonds is 9. The Morgan fingerprint density at radius 1 is 1.04 bits per heavy atom. The van der Waals surface area contributed by atoms with Crippen LogP contribution in [0.15, 0.2) is 0 Å². The Kier molecular flexibility index (Phi) is 9.17. The molecular weight excluding hydrogens is 314 g/mol. The number of nitrogens with one attached hydrogen (secondary N) is 1. The highest BCUT2D eigenvalue weighted by atomic mass is 16.2. The lowest BCUT2D eigenvalue weighted by Gasteiger charge is -2.36. The smallest absolute Gasteiger partial charge is 0.236 e. The van der Waals surface area contributed by atoms with Gasteiger partial charge in [-0.2, -0.15) is 0 Å². The van der Waals surface area contributed by atoms with Gasteiger partial charge in [0.15, 0.2) is 0 Å². The van der Waals surface area contributed by atoms with Crippen molar-refractivity contribution in [2.45, 2.75) is 39.2 Å². The molecule has 0 unspecified atom stereocenters. The standard InChI is InChI=1S/C19H39N5O/c1-4-22(5-2)10-6-9-20-18-7-11-24(12-8-18)19(25)17-23-15-13-21(3)14-16-23/h18,20H,4-17H2,1-3H3. The Morgan fingerprint density at radius 3 is 2.28 bits per heavy atom. The van der Waals surface area contributed by atoms with Crippen LogP contribution in [0.25, 0.3) is 0 Å². The molecule has 0 bridgehead atoms. The van der Waals surface area contributed by atoms with E-state index in [1.54, 1.807) is 0 Å². The van der Waals surface area contributed by atoms with E-state index in [4.69, 9.17) is 0 Å². The molecule has 2 rings (SSSR count). The van der Waals surface area contributed by atoms with Crippen molar-refractivity contribution < 1.29 is 4.79 Å². The first-order valence-corrected chi connectivity index (χ1v) is 10.3. The van der Waals surface area contributed by atoms with Crippen LogP contribution in [-0.4, -0.2) is 111 Å². The molecule has 0 saturated carbocycles. The van der Waals surface area contributed by atoms with Gasteiger partial charge in [0.2, 0.25) is 5.91 Å². The van der Waals surface area contributed by atoms with Gasteiger partial charge in [0.25, 0.3) is 0 Å². The van der Waals surface area contributed by atoms with E-state index in [0.717, 1.165) is 71.7 Å². The maximum Gasteiger partial charge on any atom is 0.236 e. The van der Waals surface area contributed by atoms with Crippen molar-refractivity contribution in [1.82, 2.24) is 24.9 Å². The highest BCUT2D eigenvalue weighted by Gasteiger charge is 2.24. The Labute approximate surface area is 154 Å². The van der Waals surface area contributed by atoms with Gasteiger partial charge in [-0.15, -0.1) is 0 Å². The highest BCUT2D eigenvalue weighted by molar-refractivity contribution is 5.78. The molecule has 0 atom stereocenters. The zero-order valence-corrected chi connectivity index (χ0v) is 16.7. The van der Waals surface area contributed by atoms with E-state index in [-0.39, 0.29) is 0 Å². The summed E-state index contributed by atoms with van der Waals surface area (Å²) in [6, 6.07) is 0.587. The van der Waals surface area contributed by atoms with Crippen LogP contribution in [0, 0.1) is 0 Å². The maximum atomic E-state index is 12.5. The zero-order valence-electron chi connectivity index (χ0n) is 16.7.